The Kier molecular flexibility index (Phi) is 8.94. The molecule has 136 valence electrons. The zero-order valence-corrected chi connectivity index (χ0v) is 15.1. The normalized spacial score (nSPS) is 15.9. The number of rotatable bonds is 6. The molecular formula is C16H24Cl2FN3O2. The van der Waals surface area contributed by atoms with Crippen LogP contribution in [0.1, 0.15) is 12.1 Å². The number of benzene rings is 1. The number of hydrogen-bond donors (Lipinski definition) is 1. The topological polar surface area (TPSA) is 52.7 Å². The number of halogens is 3. The van der Waals surface area contributed by atoms with Crippen molar-refractivity contribution in [1.82, 2.24) is 15.0 Å². The first-order valence-electron chi connectivity index (χ1n) is 7.85. The van der Waals surface area contributed by atoms with Crippen molar-refractivity contribution in [3.05, 3.63) is 29.7 Å². The van der Waals surface area contributed by atoms with Gasteiger partial charge in [0.2, 0.25) is 0 Å². The number of β-amino-alcohol motifs (C(OH)–C–C–N with tert-alkyl or cyclic N) is 1. The van der Waals surface area contributed by atoms with E-state index >= 15 is 0 Å². The van der Waals surface area contributed by atoms with E-state index in [4.69, 9.17) is 9.63 Å². The molecule has 0 saturated carbocycles. The molecule has 0 bridgehead atoms. The molecule has 1 aliphatic rings. The summed E-state index contributed by atoms with van der Waals surface area (Å²) in [5.74, 6) is -0.295. The average Bonchev–Trinajstić information content (AvgIpc) is 2.91. The highest BCUT2D eigenvalue weighted by Crippen LogP contribution is 2.20. The van der Waals surface area contributed by atoms with Crippen molar-refractivity contribution in [1.29, 1.82) is 0 Å². The summed E-state index contributed by atoms with van der Waals surface area (Å²) >= 11 is 0. The van der Waals surface area contributed by atoms with Gasteiger partial charge in [0.05, 0.1) is 12.3 Å². The van der Waals surface area contributed by atoms with Gasteiger partial charge in [0.15, 0.2) is 5.58 Å². The molecule has 0 aliphatic carbocycles. The third-order valence-electron chi connectivity index (χ3n) is 4.28. The fourth-order valence-electron chi connectivity index (χ4n) is 2.99. The minimum atomic E-state index is -0.295. The molecule has 1 N–H and O–H groups in total. The first-order valence-corrected chi connectivity index (χ1v) is 7.85. The van der Waals surface area contributed by atoms with Crippen LogP contribution in [0.5, 0.6) is 0 Å². The summed E-state index contributed by atoms with van der Waals surface area (Å²) in [7, 11) is 0. The molecule has 0 radical (unpaired) electrons. The van der Waals surface area contributed by atoms with E-state index in [9.17, 15) is 4.39 Å². The van der Waals surface area contributed by atoms with Gasteiger partial charge >= 0.3 is 0 Å². The number of aromatic nitrogens is 1. The number of aryl methyl sites for hydroxylation is 1. The van der Waals surface area contributed by atoms with Crippen LogP contribution in [0, 0.1) is 5.82 Å². The zero-order chi connectivity index (χ0) is 15.4. The van der Waals surface area contributed by atoms with Gasteiger partial charge in [-0.1, -0.05) is 5.16 Å². The van der Waals surface area contributed by atoms with Crippen LogP contribution in [-0.2, 0) is 6.42 Å². The lowest BCUT2D eigenvalue weighted by Gasteiger charge is -2.34. The van der Waals surface area contributed by atoms with Crippen molar-refractivity contribution in [2.75, 3.05) is 45.9 Å². The number of aliphatic hydroxyl groups is 1. The fourth-order valence-corrected chi connectivity index (χ4v) is 2.99. The van der Waals surface area contributed by atoms with Gasteiger partial charge in [-0.25, -0.2) is 4.39 Å². The molecule has 2 heterocycles. The summed E-state index contributed by atoms with van der Waals surface area (Å²) in [5, 5.41) is 13.9. The summed E-state index contributed by atoms with van der Waals surface area (Å²) in [6.45, 7) is 6.17. The van der Waals surface area contributed by atoms with Crippen LogP contribution in [0.25, 0.3) is 11.0 Å². The first kappa shape index (κ1) is 21.1. The summed E-state index contributed by atoms with van der Waals surface area (Å²) in [4.78, 5) is 4.73. The van der Waals surface area contributed by atoms with E-state index in [0.717, 1.165) is 63.2 Å². The standard InChI is InChI=1S/C16H22FN3O2.2ClH/c17-13-3-4-14-15(18-22-16(14)12-13)2-1-5-19-6-8-20(9-7-19)10-11-21;;/h3-4,12,21H,1-2,5-11H2;2*1H. The second-order valence-corrected chi connectivity index (χ2v) is 5.78. The summed E-state index contributed by atoms with van der Waals surface area (Å²) < 4.78 is 18.3. The van der Waals surface area contributed by atoms with E-state index in [0.29, 0.717) is 5.58 Å². The van der Waals surface area contributed by atoms with E-state index in [1.54, 1.807) is 6.07 Å². The van der Waals surface area contributed by atoms with Crippen molar-refractivity contribution in [3.8, 4) is 0 Å². The lowest BCUT2D eigenvalue weighted by molar-refractivity contribution is 0.112. The minimum absolute atomic E-state index is 0. The lowest BCUT2D eigenvalue weighted by Crippen LogP contribution is -2.47. The SMILES string of the molecule is Cl.Cl.OCCN1CCN(CCCc2noc3cc(F)ccc23)CC1. The summed E-state index contributed by atoms with van der Waals surface area (Å²) in [6.07, 6.45) is 1.86. The zero-order valence-electron chi connectivity index (χ0n) is 13.5. The van der Waals surface area contributed by atoms with E-state index in [1.807, 2.05) is 0 Å². The molecule has 8 heteroatoms. The second kappa shape index (κ2) is 10.2. The fraction of sp³-hybridized carbons (Fsp3) is 0.562. The molecule has 5 nitrogen and oxygen atoms in total. The van der Waals surface area contributed by atoms with Gasteiger partial charge in [-0.2, -0.15) is 0 Å². The molecule has 0 amide bonds. The average molecular weight is 380 g/mol. The van der Waals surface area contributed by atoms with Crippen LogP contribution in [0.3, 0.4) is 0 Å². The third-order valence-corrected chi connectivity index (χ3v) is 4.28. The molecule has 1 saturated heterocycles. The van der Waals surface area contributed by atoms with Crippen molar-refractivity contribution < 1.29 is 14.0 Å². The van der Waals surface area contributed by atoms with Crippen molar-refractivity contribution in [2.45, 2.75) is 12.8 Å². The quantitative estimate of drug-likeness (QED) is 0.834. The smallest absolute Gasteiger partial charge is 0.170 e. The van der Waals surface area contributed by atoms with E-state index in [1.165, 1.54) is 12.1 Å². The van der Waals surface area contributed by atoms with Gasteiger partial charge in [-0.15, -0.1) is 24.8 Å². The van der Waals surface area contributed by atoms with Crippen LogP contribution in [-0.4, -0.2) is 65.9 Å². The summed E-state index contributed by atoms with van der Waals surface area (Å²) in [6, 6.07) is 4.57. The number of piperazine rings is 1. The maximum Gasteiger partial charge on any atom is 0.170 e. The van der Waals surface area contributed by atoms with Crippen molar-refractivity contribution in [3.63, 3.8) is 0 Å². The highest BCUT2D eigenvalue weighted by atomic mass is 35.5. The minimum Gasteiger partial charge on any atom is -0.395 e. The first-order chi connectivity index (χ1) is 10.8. The highest BCUT2D eigenvalue weighted by molar-refractivity contribution is 5.85. The largest absolute Gasteiger partial charge is 0.395 e. The maximum absolute atomic E-state index is 13.1. The Balaban J connectivity index is 0.00000144. The lowest BCUT2D eigenvalue weighted by atomic mass is 10.1. The Bertz CT molecular complexity index is 618. The van der Waals surface area contributed by atoms with Gasteiger partial charge < -0.3 is 14.5 Å². The van der Waals surface area contributed by atoms with Crippen LogP contribution in [0.4, 0.5) is 4.39 Å². The Labute approximate surface area is 153 Å². The maximum atomic E-state index is 13.1. The van der Waals surface area contributed by atoms with E-state index < -0.39 is 0 Å². The Hall–Kier alpha value is -0.920. The molecule has 1 aromatic carbocycles. The van der Waals surface area contributed by atoms with E-state index in [2.05, 4.69) is 15.0 Å². The highest BCUT2D eigenvalue weighted by Gasteiger charge is 2.16. The molecule has 3 rings (SSSR count). The van der Waals surface area contributed by atoms with Gasteiger partial charge in [0.1, 0.15) is 5.82 Å². The Morgan fingerprint density at radius 1 is 1.08 bits per heavy atom. The van der Waals surface area contributed by atoms with Crippen LogP contribution < -0.4 is 0 Å². The molecule has 1 aromatic heterocycles. The number of hydrogen-bond acceptors (Lipinski definition) is 5. The molecule has 24 heavy (non-hydrogen) atoms. The number of fused-ring (bicyclic) bond motifs is 1. The molecule has 0 spiro atoms. The van der Waals surface area contributed by atoms with Crippen molar-refractivity contribution >= 4 is 35.8 Å². The number of nitrogens with zero attached hydrogens (tertiary/aromatic N) is 3. The number of aliphatic hydroxyl groups excluding tert-OH is 1. The molecule has 1 fully saturated rings. The Morgan fingerprint density at radius 3 is 2.42 bits per heavy atom. The van der Waals surface area contributed by atoms with E-state index in [-0.39, 0.29) is 37.2 Å². The van der Waals surface area contributed by atoms with Gasteiger partial charge in [-0.3, -0.25) is 4.90 Å². The monoisotopic (exact) mass is 379 g/mol. The predicted molar refractivity (Wildman–Crippen MR) is 96.7 cm³/mol. The molecular weight excluding hydrogens is 356 g/mol. The molecule has 2 aromatic rings. The van der Waals surface area contributed by atoms with Crippen LogP contribution >= 0.6 is 24.8 Å². The second-order valence-electron chi connectivity index (χ2n) is 5.78. The predicted octanol–water partition coefficient (Wildman–Crippen LogP) is 2.35. The molecule has 0 atom stereocenters. The molecule has 0 unspecified atom stereocenters. The van der Waals surface area contributed by atoms with Crippen molar-refractivity contribution in [2.24, 2.45) is 0 Å². The molecule has 1 aliphatic heterocycles. The van der Waals surface area contributed by atoms with Crippen LogP contribution in [0.2, 0.25) is 0 Å². The Morgan fingerprint density at radius 2 is 1.75 bits per heavy atom. The summed E-state index contributed by atoms with van der Waals surface area (Å²) in [5.41, 5.74) is 1.43. The van der Waals surface area contributed by atoms with Gasteiger partial charge in [-0.05, 0) is 31.5 Å². The third kappa shape index (κ3) is 5.29. The van der Waals surface area contributed by atoms with Gasteiger partial charge in [0.25, 0.3) is 0 Å². The van der Waals surface area contributed by atoms with Gasteiger partial charge in [0, 0.05) is 44.2 Å². The van der Waals surface area contributed by atoms with Crippen LogP contribution in [0.15, 0.2) is 22.7 Å².